The summed E-state index contributed by atoms with van der Waals surface area (Å²) in [5.74, 6) is -6.69. The highest BCUT2D eigenvalue weighted by Gasteiger charge is 2.35. The number of carboxylic acids is 3. The van der Waals surface area contributed by atoms with Crippen LogP contribution in [0, 0.1) is 0 Å². The lowest BCUT2D eigenvalue weighted by Crippen LogP contribution is -2.41. The molecule has 4 N–H and O–H groups in total. The molecule has 0 amide bonds. The van der Waals surface area contributed by atoms with E-state index >= 15 is 0 Å². The van der Waals surface area contributed by atoms with E-state index in [1.165, 1.54) is 0 Å². The molecule has 1 atom stereocenters. The Morgan fingerprint density at radius 3 is 0.917 bits per heavy atom. The van der Waals surface area contributed by atoms with Gasteiger partial charge in [-0.3, -0.25) is 14.4 Å². The number of carbonyl (C=O) groups excluding carboxylic acids is 5. The van der Waals surface area contributed by atoms with Crippen LogP contribution >= 0.6 is 0 Å². The monoisotopic (exact) mass is 352 g/mol. The molecule has 12 nitrogen and oxygen atoms in total. The van der Waals surface area contributed by atoms with Crippen LogP contribution in [0.2, 0.25) is 0 Å². The first-order valence-electron chi connectivity index (χ1n) is 5.53. The molecule has 0 aromatic carbocycles. The van der Waals surface area contributed by atoms with Crippen LogP contribution in [0.1, 0.15) is 27.7 Å². The third-order valence-electron chi connectivity index (χ3n) is 1.70. The van der Waals surface area contributed by atoms with Crippen molar-refractivity contribution in [3.05, 3.63) is 0 Å². The number of hydrogen-bond acceptors (Lipinski definition) is 9. The first-order valence-corrected chi connectivity index (χ1v) is 5.53. The second kappa shape index (κ2) is 14.7. The van der Waals surface area contributed by atoms with Crippen LogP contribution in [0.4, 0.5) is 0 Å². The summed E-state index contributed by atoms with van der Waals surface area (Å²) in [7, 11) is 0. The molecule has 0 aromatic heterocycles. The summed E-state index contributed by atoms with van der Waals surface area (Å²) in [4.78, 5) is 74.3. The normalized spacial score (nSPS) is 10.2. The number of Topliss-reactive ketones (excluding diaryl/α,β-unsaturated/α-hetero) is 3. The number of carbonyl (C=O) groups is 6. The van der Waals surface area contributed by atoms with E-state index in [0.29, 0.717) is 0 Å². The zero-order valence-corrected chi connectivity index (χ0v) is 13.1. The maximum Gasteiger partial charge on any atom is 0.373 e. The molecule has 0 radical (unpaired) electrons. The van der Waals surface area contributed by atoms with E-state index in [1.807, 2.05) is 0 Å². The summed E-state index contributed by atoms with van der Waals surface area (Å²) in [5, 5.41) is 32.1. The van der Waals surface area contributed by atoms with Crippen LogP contribution in [-0.2, 0) is 38.4 Å². The zero-order valence-electron chi connectivity index (χ0n) is 13.1. The lowest BCUT2D eigenvalue weighted by Gasteiger charge is -2.11. The second-order valence-electron chi connectivity index (χ2n) is 3.74. The molecular weight excluding hydrogens is 336 g/mol. The minimum absolute atomic E-state index is 0.250. The standard InChI is InChI=1S/C5H8O4.2C3H4O3.CO2/c1-3(6)5(2,9)4(7)8;2*1-2(4)3(5)6;2-1-3/h9H,1-2H3,(H,7,8);2*1H3,(H,5,6);/t5-;;;/m0.../s1. The molecule has 0 aliphatic carbocycles. The summed E-state index contributed by atoms with van der Waals surface area (Å²) >= 11 is 0. The first-order chi connectivity index (χ1) is 10.6. The fourth-order valence-corrected chi connectivity index (χ4v) is 0.151. The third kappa shape index (κ3) is 21.1. The highest BCUT2D eigenvalue weighted by atomic mass is 16.4. The SMILES string of the molecule is CC(=O)C(=O)O.CC(=O)C(=O)O.CC(=O)[C@](C)(O)C(=O)O.O=C=O. The predicted molar refractivity (Wildman–Crippen MR) is 70.6 cm³/mol. The van der Waals surface area contributed by atoms with Gasteiger partial charge >= 0.3 is 24.1 Å². The molecule has 0 aliphatic rings. The number of aliphatic hydroxyl groups is 1. The van der Waals surface area contributed by atoms with Gasteiger partial charge in [-0.2, -0.15) is 9.59 Å². The molecule has 0 fully saturated rings. The Balaban J connectivity index is -0.000000118. The summed E-state index contributed by atoms with van der Waals surface area (Å²) in [6.45, 7) is 3.97. The quantitative estimate of drug-likeness (QED) is 0.323. The molecule has 0 saturated heterocycles. The highest BCUT2D eigenvalue weighted by molar-refractivity contribution is 6.31. The fourth-order valence-electron chi connectivity index (χ4n) is 0.151. The van der Waals surface area contributed by atoms with Gasteiger partial charge in [0.25, 0.3) is 0 Å². The Labute approximate surface area is 134 Å². The van der Waals surface area contributed by atoms with Crippen molar-refractivity contribution >= 4 is 41.4 Å². The minimum atomic E-state index is -2.22. The Kier molecular flexibility index (Phi) is 17.7. The minimum Gasteiger partial charge on any atom is -0.479 e. The zero-order chi connectivity index (χ0) is 20.7. The van der Waals surface area contributed by atoms with E-state index in [4.69, 9.17) is 30.0 Å². The number of ketones is 3. The van der Waals surface area contributed by atoms with Gasteiger partial charge < -0.3 is 20.4 Å². The average molecular weight is 352 g/mol. The summed E-state index contributed by atoms with van der Waals surface area (Å²) in [5.41, 5.74) is -2.22. The van der Waals surface area contributed by atoms with E-state index in [9.17, 15) is 28.8 Å². The van der Waals surface area contributed by atoms with Crippen LogP contribution < -0.4 is 0 Å². The number of carboxylic acid groups (broad SMARTS) is 3. The van der Waals surface area contributed by atoms with Gasteiger partial charge in [-0.05, 0) is 13.8 Å². The van der Waals surface area contributed by atoms with Crippen molar-refractivity contribution in [2.75, 3.05) is 0 Å². The van der Waals surface area contributed by atoms with Crippen LogP contribution in [0.3, 0.4) is 0 Å². The Bertz CT molecular complexity index is 458. The molecule has 0 bridgehead atoms. The van der Waals surface area contributed by atoms with Crippen LogP contribution in [0.5, 0.6) is 0 Å². The molecule has 0 aromatic rings. The molecule has 0 aliphatic heterocycles. The molecule has 0 spiro atoms. The van der Waals surface area contributed by atoms with E-state index in [2.05, 4.69) is 0 Å². The van der Waals surface area contributed by atoms with Crippen molar-refractivity contribution in [3.63, 3.8) is 0 Å². The topological polar surface area (TPSA) is 217 Å². The molecule has 0 unspecified atom stereocenters. The van der Waals surface area contributed by atoms with E-state index in [0.717, 1.165) is 27.7 Å². The van der Waals surface area contributed by atoms with Crippen molar-refractivity contribution < 1.29 is 58.8 Å². The van der Waals surface area contributed by atoms with Crippen molar-refractivity contribution in [3.8, 4) is 0 Å². The van der Waals surface area contributed by atoms with Gasteiger partial charge in [-0.25, -0.2) is 14.4 Å². The molecule has 0 rings (SSSR count). The van der Waals surface area contributed by atoms with Crippen molar-refractivity contribution in [1.29, 1.82) is 0 Å². The van der Waals surface area contributed by atoms with E-state index < -0.39 is 40.9 Å². The van der Waals surface area contributed by atoms with E-state index in [1.54, 1.807) is 0 Å². The van der Waals surface area contributed by atoms with Gasteiger partial charge in [-0.1, -0.05) is 0 Å². The lowest BCUT2D eigenvalue weighted by atomic mass is 10.0. The second-order valence-corrected chi connectivity index (χ2v) is 3.74. The molecule has 0 saturated carbocycles. The van der Waals surface area contributed by atoms with Crippen molar-refractivity contribution in [1.82, 2.24) is 0 Å². The predicted octanol–water partition coefficient (Wildman–Crippen LogP) is -1.85. The molecule has 12 heteroatoms. The van der Waals surface area contributed by atoms with Crippen LogP contribution in [-0.4, -0.2) is 67.4 Å². The third-order valence-corrected chi connectivity index (χ3v) is 1.70. The van der Waals surface area contributed by atoms with Crippen molar-refractivity contribution in [2.45, 2.75) is 33.3 Å². The average Bonchev–Trinajstić information content (AvgIpc) is 2.40. The van der Waals surface area contributed by atoms with Gasteiger partial charge in [0.05, 0.1) is 0 Å². The molecule has 136 valence electrons. The Morgan fingerprint density at radius 2 is 0.917 bits per heavy atom. The highest BCUT2D eigenvalue weighted by Crippen LogP contribution is 2.03. The Hall–Kier alpha value is -3.24. The van der Waals surface area contributed by atoms with Crippen LogP contribution in [0.25, 0.3) is 0 Å². The largest absolute Gasteiger partial charge is 0.479 e. The van der Waals surface area contributed by atoms with Crippen LogP contribution in [0.15, 0.2) is 0 Å². The number of aliphatic carboxylic acids is 3. The Morgan fingerprint density at radius 1 is 0.750 bits per heavy atom. The summed E-state index contributed by atoms with van der Waals surface area (Å²) < 4.78 is 0. The maximum absolute atomic E-state index is 10.3. The van der Waals surface area contributed by atoms with Gasteiger partial charge in [0.2, 0.25) is 17.2 Å². The first kappa shape index (κ1) is 28.9. The van der Waals surface area contributed by atoms with Crippen molar-refractivity contribution in [2.24, 2.45) is 0 Å². The summed E-state index contributed by atoms with van der Waals surface area (Å²) in [6, 6.07) is 0. The molecule has 0 heterocycles. The van der Waals surface area contributed by atoms with Gasteiger partial charge in [0.1, 0.15) is 0 Å². The summed E-state index contributed by atoms with van der Waals surface area (Å²) in [6.07, 6.45) is 0.250. The number of rotatable bonds is 4. The smallest absolute Gasteiger partial charge is 0.373 e. The molecular formula is C12H16O12. The van der Waals surface area contributed by atoms with Gasteiger partial charge in [0.15, 0.2) is 5.78 Å². The molecule has 24 heavy (non-hydrogen) atoms. The van der Waals surface area contributed by atoms with Gasteiger partial charge in [-0.15, -0.1) is 0 Å². The lowest BCUT2D eigenvalue weighted by molar-refractivity contribution is -0.191. The fraction of sp³-hybridized carbons (Fsp3) is 0.417. The van der Waals surface area contributed by atoms with Gasteiger partial charge in [0, 0.05) is 13.8 Å². The number of hydrogen-bond donors (Lipinski definition) is 4. The maximum atomic E-state index is 10.3. The van der Waals surface area contributed by atoms with E-state index in [-0.39, 0.29) is 6.15 Å².